The Kier molecular flexibility index (Phi) is 3.11. The van der Waals surface area contributed by atoms with Gasteiger partial charge in [0.05, 0.1) is 0 Å². The highest BCUT2D eigenvalue weighted by Crippen LogP contribution is 2.26. The van der Waals surface area contributed by atoms with Gasteiger partial charge in [0, 0.05) is 10.8 Å². The van der Waals surface area contributed by atoms with Crippen LogP contribution in [0.3, 0.4) is 0 Å². The molecule has 0 aliphatic rings. The zero-order valence-electron chi connectivity index (χ0n) is 7.52. The molecule has 0 radical (unpaired) electrons. The van der Waals surface area contributed by atoms with Gasteiger partial charge in [0.1, 0.15) is 0 Å². The molecule has 0 aliphatic heterocycles. The van der Waals surface area contributed by atoms with Gasteiger partial charge in [-0.2, -0.15) is 0 Å². The predicted molar refractivity (Wildman–Crippen MR) is 52.3 cm³/mol. The van der Waals surface area contributed by atoms with Gasteiger partial charge in [-0.15, -0.1) is 0 Å². The van der Waals surface area contributed by atoms with Crippen LogP contribution in [-0.2, 0) is 19.7 Å². The third-order valence-corrected chi connectivity index (χ3v) is 6.82. The van der Waals surface area contributed by atoms with Gasteiger partial charge in [0.2, 0.25) is 0 Å². The van der Waals surface area contributed by atoms with Crippen LogP contribution in [0.2, 0.25) is 0 Å². The van der Waals surface area contributed by atoms with E-state index in [0.29, 0.717) is 10.8 Å². The van der Waals surface area contributed by atoms with Gasteiger partial charge in [0.25, 0.3) is 0 Å². The Labute approximate surface area is 78.8 Å². The number of rotatable bonds is 4. The van der Waals surface area contributed by atoms with E-state index in [-0.39, 0.29) is 0 Å². The average molecular weight is 224 g/mol. The first-order valence-electron chi connectivity index (χ1n) is 3.36. The molecule has 0 atom stereocenters. The van der Waals surface area contributed by atoms with Crippen molar-refractivity contribution in [2.45, 2.75) is 17.9 Å². The maximum Gasteiger partial charge on any atom is 0.190 e. The van der Waals surface area contributed by atoms with Gasteiger partial charge in [-0.05, 0) is 13.8 Å². The van der Waals surface area contributed by atoms with Crippen molar-refractivity contribution >= 4 is 19.7 Å². The lowest BCUT2D eigenvalue weighted by molar-refractivity contribution is 0.566. The van der Waals surface area contributed by atoms with E-state index in [9.17, 15) is 16.8 Å². The average Bonchev–Trinajstić information content (AvgIpc) is 2.03. The van der Waals surface area contributed by atoms with Gasteiger partial charge < -0.3 is 0 Å². The van der Waals surface area contributed by atoms with Crippen molar-refractivity contribution in [3.63, 3.8) is 0 Å². The van der Waals surface area contributed by atoms with Crippen molar-refractivity contribution in [1.29, 1.82) is 0 Å². The zero-order valence-corrected chi connectivity index (χ0v) is 9.15. The van der Waals surface area contributed by atoms with Crippen LogP contribution in [0.25, 0.3) is 0 Å². The minimum Gasteiger partial charge on any atom is -0.223 e. The van der Waals surface area contributed by atoms with Crippen LogP contribution < -0.4 is 0 Å². The summed E-state index contributed by atoms with van der Waals surface area (Å²) in [6.45, 7) is 8.32. The van der Waals surface area contributed by atoms with E-state index >= 15 is 0 Å². The van der Waals surface area contributed by atoms with Gasteiger partial charge in [-0.3, -0.25) is 0 Å². The third-order valence-electron chi connectivity index (χ3n) is 1.81. The Hall–Kier alpha value is -0.620. The third kappa shape index (κ3) is 1.83. The maximum atomic E-state index is 11.3. The fourth-order valence-electron chi connectivity index (χ4n) is 0.563. The van der Waals surface area contributed by atoms with Crippen molar-refractivity contribution in [2.75, 3.05) is 0 Å². The van der Waals surface area contributed by atoms with Crippen LogP contribution in [0.1, 0.15) is 13.8 Å². The molecule has 0 bridgehead atoms. The largest absolute Gasteiger partial charge is 0.223 e. The second kappa shape index (κ2) is 3.26. The maximum absolute atomic E-state index is 11.3. The molecule has 4 nitrogen and oxygen atoms in total. The Morgan fingerprint density at radius 3 is 1.31 bits per heavy atom. The summed E-state index contributed by atoms with van der Waals surface area (Å²) in [6.07, 6.45) is 0. The Bertz CT molecular complexity index is 371. The first-order valence-corrected chi connectivity index (χ1v) is 6.46. The summed E-state index contributed by atoms with van der Waals surface area (Å²) in [6, 6.07) is 0. The molecule has 76 valence electrons. The quantitative estimate of drug-likeness (QED) is 0.709. The van der Waals surface area contributed by atoms with Gasteiger partial charge in [0.15, 0.2) is 23.8 Å². The topological polar surface area (TPSA) is 68.3 Å². The Balaban J connectivity index is 5.76. The summed E-state index contributed by atoms with van der Waals surface area (Å²) in [7, 11) is -7.73. The van der Waals surface area contributed by atoms with E-state index in [1.165, 1.54) is 0 Å². The molecule has 6 heteroatoms. The van der Waals surface area contributed by atoms with Crippen molar-refractivity contribution < 1.29 is 16.8 Å². The summed E-state index contributed by atoms with van der Waals surface area (Å²) in [5.41, 5.74) is 0. The van der Waals surface area contributed by atoms with Crippen molar-refractivity contribution in [2.24, 2.45) is 0 Å². The van der Waals surface area contributed by atoms with E-state index in [0.717, 1.165) is 13.8 Å². The Morgan fingerprint density at radius 2 is 1.15 bits per heavy atom. The first-order chi connectivity index (χ1) is 5.62. The van der Waals surface area contributed by atoms with Crippen molar-refractivity contribution in [3.8, 4) is 0 Å². The van der Waals surface area contributed by atoms with Crippen molar-refractivity contribution in [1.82, 2.24) is 0 Å². The summed E-state index contributed by atoms with van der Waals surface area (Å²) in [5, 5.41) is 1.27. The highest BCUT2D eigenvalue weighted by molar-refractivity contribution is 8.12. The molecule has 0 rings (SSSR count). The molecule has 0 saturated carbocycles. The summed E-state index contributed by atoms with van der Waals surface area (Å²) < 4.78 is 43.2. The molecule has 0 saturated heterocycles. The van der Waals surface area contributed by atoms with E-state index in [1.54, 1.807) is 0 Å². The Morgan fingerprint density at radius 1 is 0.923 bits per heavy atom. The molecule has 0 unspecified atom stereocenters. The minimum absolute atomic E-state index is 0.633. The minimum atomic E-state index is -3.86. The molecule has 13 heavy (non-hydrogen) atoms. The van der Waals surface area contributed by atoms with E-state index in [2.05, 4.69) is 13.2 Å². The molecule has 0 aromatic carbocycles. The van der Waals surface area contributed by atoms with Gasteiger partial charge >= 0.3 is 0 Å². The molecule has 0 spiro atoms. The van der Waals surface area contributed by atoms with Crippen LogP contribution in [0, 0.1) is 0 Å². The second-order valence-corrected chi connectivity index (χ2v) is 7.97. The van der Waals surface area contributed by atoms with Crippen molar-refractivity contribution in [3.05, 3.63) is 24.0 Å². The van der Waals surface area contributed by atoms with Gasteiger partial charge in [-0.1, -0.05) is 13.2 Å². The SMILES string of the molecule is C=CS(=O)(=O)C(C)(C)S(=O)(=O)C=C. The molecule has 0 aliphatic carbocycles. The lowest BCUT2D eigenvalue weighted by Crippen LogP contribution is -2.37. The highest BCUT2D eigenvalue weighted by atomic mass is 32.3. The van der Waals surface area contributed by atoms with Crippen LogP contribution in [0.5, 0.6) is 0 Å². The van der Waals surface area contributed by atoms with Crippen LogP contribution in [-0.4, -0.2) is 20.9 Å². The lowest BCUT2D eigenvalue weighted by Gasteiger charge is -2.20. The molecule has 0 fully saturated rings. The number of sulfone groups is 2. The van der Waals surface area contributed by atoms with Crippen LogP contribution in [0.15, 0.2) is 24.0 Å². The highest BCUT2D eigenvalue weighted by Gasteiger charge is 2.43. The summed E-state index contributed by atoms with van der Waals surface area (Å²) in [4.78, 5) is 0. The van der Waals surface area contributed by atoms with Crippen LogP contribution in [0.4, 0.5) is 0 Å². The fourth-order valence-corrected chi connectivity index (χ4v) is 3.07. The van der Waals surface area contributed by atoms with E-state index < -0.39 is 23.8 Å². The molecular weight excluding hydrogens is 212 g/mol. The van der Waals surface area contributed by atoms with Gasteiger partial charge in [-0.25, -0.2) is 16.8 Å². The monoisotopic (exact) mass is 224 g/mol. The number of hydrogen-bond acceptors (Lipinski definition) is 4. The molecule has 0 heterocycles. The normalized spacial score (nSPS) is 13.7. The standard InChI is InChI=1S/C7H12O4S2/c1-5-12(8,9)7(3,4)13(10,11)6-2/h5-6H,1-2H2,3-4H3. The summed E-state index contributed by atoms with van der Waals surface area (Å²) >= 11 is 0. The molecule has 0 aromatic rings. The fraction of sp³-hybridized carbons (Fsp3) is 0.429. The lowest BCUT2D eigenvalue weighted by atomic mass is 10.5. The molecule has 0 amide bonds. The molecule has 0 N–H and O–H groups in total. The first kappa shape index (κ1) is 12.4. The number of hydrogen-bond donors (Lipinski definition) is 0. The smallest absolute Gasteiger partial charge is 0.190 e. The zero-order chi connectivity index (χ0) is 10.9. The molecule has 0 aromatic heterocycles. The van der Waals surface area contributed by atoms with Crippen LogP contribution >= 0.6 is 0 Å². The predicted octanol–water partition coefficient (Wildman–Crippen LogP) is 0.839. The van der Waals surface area contributed by atoms with E-state index in [1.807, 2.05) is 0 Å². The second-order valence-electron chi connectivity index (χ2n) is 2.82. The summed E-state index contributed by atoms with van der Waals surface area (Å²) in [5.74, 6) is 0. The molecular formula is C7H12O4S2. The van der Waals surface area contributed by atoms with E-state index in [4.69, 9.17) is 0 Å².